The SMILES string of the molecule is CCc1ccnc2ccc(-c3cnc4cccc(C(C)C)c4c3)cc12. The third kappa shape index (κ3) is 2.78. The van der Waals surface area contributed by atoms with Gasteiger partial charge in [0.05, 0.1) is 11.0 Å². The highest BCUT2D eigenvalue weighted by Crippen LogP contribution is 2.30. The standard InChI is InChI=1S/C23H22N2/c1-4-16-10-11-24-23-9-8-17(12-20(16)23)18-13-21-19(15(2)3)6-5-7-22(21)25-14-18/h5-15H,4H2,1-3H3. The van der Waals surface area contributed by atoms with Crippen LogP contribution in [0.25, 0.3) is 32.9 Å². The normalized spacial score (nSPS) is 11.5. The second-order valence-electron chi connectivity index (χ2n) is 6.85. The molecule has 0 spiro atoms. The summed E-state index contributed by atoms with van der Waals surface area (Å²) in [4.78, 5) is 9.20. The number of aryl methyl sites for hydroxylation is 1. The molecule has 2 nitrogen and oxygen atoms in total. The van der Waals surface area contributed by atoms with Crippen molar-refractivity contribution in [3.63, 3.8) is 0 Å². The second-order valence-corrected chi connectivity index (χ2v) is 6.85. The van der Waals surface area contributed by atoms with Gasteiger partial charge in [-0.2, -0.15) is 0 Å². The predicted octanol–water partition coefficient (Wildman–Crippen LogP) is 6.14. The number of nitrogens with zero attached hydrogens (tertiary/aromatic N) is 2. The maximum atomic E-state index is 4.71. The summed E-state index contributed by atoms with van der Waals surface area (Å²) >= 11 is 0. The van der Waals surface area contributed by atoms with E-state index in [1.165, 1.54) is 27.5 Å². The molecule has 4 rings (SSSR count). The summed E-state index contributed by atoms with van der Waals surface area (Å²) in [6.07, 6.45) is 4.89. The van der Waals surface area contributed by atoms with E-state index in [0.29, 0.717) is 5.92 Å². The summed E-state index contributed by atoms with van der Waals surface area (Å²) in [7, 11) is 0. The number of fused-ring (bicyclic) bond motifs is 2. The Morgan fingerprint density at radius 3 is 2.44 bits per heavy atom. The monoisotopic (exact) mass is 326 g/mol. The molecule has 4 aromatic rings. The van der Waals surface area contributed by atoms with Crippen molar-refractivity contribution in [1.82, 2.24) is 9.97 Å². The molecule has 0 N–H and O–H groups in total. The third-order valence-corrected chi connectivity index (χ3v) is 4.93. The van der Waals surface area contributed by atoms with Crippen molar-refractivity contribution in [1.29, 1.82) is 0 Å². The van der Waals surface area contributed by atoms with Gasteiger partial charge in [-0.25, -0.2) is 0 Å². The van der Waals surface area contributed by atoms with Crippen molar-refractivity contribution < 1.29 is 0 Å². The molecule has 0 unspecified atom stereocenters. The minimum absolute atomic E-state index is 0.480. The first-order chi connectivity index (χ1) is 12.2. The molecule has 0 bridgehead atoms. The van der Waals surface area contributed by atoms with E-state index in [-0.39, 0.29) is 0 Å². The lowest BCUT2D eigenvalue weighted by molar-refractivity contribution is 0.876. The average molecular weight is 326 g/mol. The Kier molecular flexibility index (Phi) is 3.96. The first kappa shape index (κ1) is 15.8. The number of pyridine rings is 2. The zero-order chi connectivity index (χ0) is 17.4. The van der Waals surface area contributed by atoms with E-state index in [2.05, 4.69) is 74.3 Å². The molecule has 0 saturated heterocycles. The highest BCUT2D eigenvalue weighted by Gasteiger charge is 2.09. The van der Waals surface area contributed by atoms with Crippen LogP contribution in [-0.4, -0.2) is 9.97 Å². The van der Waals surface area contributed by atoms with Crippen LogP contribution in [0.5, 0.6) is 0 Å². The van der Waals surface area contributed by atoms with Gasteiger partial charge in [-0.1, -0.05) is 39.0 Å². The van der Waals surface area contributed by atoms with E-state index in [1.54, 1.807) is 0 Å². The number of rotatable bonds is 3. The van der Waals surface area contributed by atoms with Crippen molar-refractivity contribution in [2.45, 2.75) is 33.1 Å². The summed E-state index contributed by atoms with van der Waals surface area (Å²) in [6, 6.07) is 17.3. The second kappa shape index (κ2) is 6.29. The van der Waals surface area contributed by atoms with Gasteiger partial charge in [0.2, 0.25) is 0 Å². The molecule has 2 heteroatoms. The molecule has 0 aliphatic heterocycles. The molecule has 0 amide bonds. The van der Waals surface area contributed by atoms with Gasteiger partial charge in [0.15, 0.2) is 0 Å². The summed E-state index contributed by atoms with van der Waals surface area (Å²) in [5, 5.41) is 2.48. The maximum absolute atomic E-state index is 4.71. The van der Waals surface area contributed by atoms with Crippen LogP contribution in [0.3, 0.4) is 0 Å². The van der Waals surface area contributed by atoms with E-state index in [1.807, 2.05) is 12.4 Å². The van der Waals surface area contributed by atoms with E-state index in [4.69, 9.17) is 4.98 Å². The fourth-order valence-corrected chi connectivity index (χ4v) is 3.52. The smallest absolute Gasteiger partial charge is 0.0705 e. The van der Waals surface area contributed by atoms with Crippen LogP contribution >= 0.6 is 0 Å². The first-order valence-electron chi connectivity index (χ1n) is 8.94. The van der Waals surface area contributed by atoms with E-state index in [0.717, 1.165) is 23.0 Å². The summed E-state index contributed by atoms with van der Waals surface area (Å²) < 4.78 is 0. The van der Waals surface area contributed by atoms with E-state index < -0.39 is 0 Å². The third-order valence-electron chi connectivity index (χ3n) is 4.93. The van der Waals surface area contributed by atoms with Crippen LogP contribution < -0.4 is 0 Å². The molecule has 0 aliphatic rings. The van der Waals surface area contributed by atoms with Crippen molar-refractivity contribution in [3.05, 3.63) is 72.1 Å². The van der Waals surface area contributed by atoms with Crippen LogP contribution in [-0.2, 0) is 6.42 Å². The average Bonchev–Trinajstić information content (AvgIpc) is 2.66. The van der Waals surface area contributed by atoms with Gasteiger partial charge in [-0.15, -0.1) is 0 Å². The Balaban J connectivity index is 1.92. The van der Waals surface area contributed by atoms with Crippen LogP contribution in [0.15, 0.2) is 60.9 Å². The molecule has 2 aromatic carbocycles. The van der Waals surface area contributed by atoms with E-state index in [9.17, 15) is 0 Å². The highest BCUT2D eigenvalue weighted by atomic mass is 14.7. The van der Waals surface area contributed by atoms with Gasteiger partial charge < -0.3 is 0 Å². The zero-order valence-corrected chi connectivity index (χ0v) is 15.0. The molecular formula is C23H22N2. The van der Waals surface area contributed by atoms with Crippen molar-refractivity contribution in [2.75, 3.05) is 0 Å². The van der Waals surface area contributed by atoms with Crippen molar-refractivity contribution >= 4 is 21.8 Å². The lowest BCUT2D eigenvalue weighted by Crippen LogP contribution is -1.92. The van der Waals surface area contributed by atoms with E-state index >= 15 is 0 Å². The Bertz CT molecular complexity index is 1060. The van der Waals surface area contributed by atoms with Crippen molar-refractivity contribution in [2.24, 2.45) is 0 Å². The quantitative estimate of drug-likeness (QED) is 0.452. The fraction of sp³-hybridized carbons (Fsp3) is 0.217. The van der Waals surface area contributed by atoms with Gasteiger partial charge in [0.1, 0.15) is 0 Å². The number of aromatic nitrogens is 2. The topological polar surface area (TPSA) is 25.8 Å². The minimum Gasteiger partial charge on any atom is -0.256 e. The number of hydrogen-bond acceptors (Lipinski definition) is 2. The number of hydrogen-bond donors (Lipinski definition) is 0. The highest BCUT2D eigenvalue weighted by molar-refractivity contribution is 5.90. The lowest BCUT2D eigenvalue weighted by atomic mass is 9.95. The zero-order valence-electron chi connectivity index (χ0n) is 15.0. The molecule has 2 heterocycles. The van der Waals surface area contributed by atoms with Gasteiger partial charge in [0.25, 0.3) is 0 Å². The minimum atomic E-state index is 0.480. The number of benzene rings is 2. The Hall–Kier alpha value is -2.74. The molecule has 2 aromatic heterocycles. The molecule has 0 aliphatic carbocycles. The van der Waals surface area contributed by atoms with Crippen LogP contribution in [0.4, 0.5) is 0 Å². The Labute approximate surface area is 148 Å². The largest absolute Gasteiger partial charge is 0.256 e. The van der Waals surface area contributed by atoms with Crippen LogP contribution in [0.1, 0.15) is 37.8 Å². The molecular weight excluding hydrogens is 304 g/mol. The maximum Gasteiger partial charge on any atom is 0.0705 e. The predicted molar refractivity (Wildman–Crippen MR) is 106 cm³/mol. The van der Waals surface area contributed by atoms with Gasteiger partial charge in [0, 0.05) is 28.7 Å². The van der Waals surface area contributed by atoms with Crippen LogP contribution in [0.2, 0.25) is 0 Å². The summed E-state index contributed by atoms with van der Waals surface area (Å²) in [6.45, 7) is 6.65. The molecule has 25 heavy (non-hydrogen) atoms. The summed E-state index contributed by atoms with van der Waals surface area (Å²) in [5.74, 6) is 0.480. The molecule has 0 fully saturated rings. The molecule has 0 atom stereocenters. The fourth-order valence-electron chi connectivity index (χ4n) is 3.52. The molecule has 0 radical (unpaired) electrons. The Morgan fingerprint density at radius 1 is 0.840 bits per heavy atom. The Morgan fingerprint density at radius 2 is 1.64 bits per heavy atom. The lowest BCUT2D eigenvalue weighted by Gasteiger charge is -2.12. The van der Waals surface area contributed by atoms with Crippen molar-refractivity contribution in [3.8, 4) is 11.1 Å². The van der Waals surface area contributed by atoms with Gasteiger partial charge in [-0.3, -0.25) is 9.97 Å². The molecule has 124 valence electrons. The summed E-state index contributed by atoms with van der Waals surface area (Å²) in [5.41, 5.74) is 7.16. The van der Waals surface area contributed by atoms with Gasteiger partial charge in [-0.05, 0) is 59.4 Å². The molecule has 0 saturated carbocycles. The van der Waals surface area contributed by atoms with Crippen LogP contribution in [0, 0.1) is 0 Å². The van der Waals surface area contributed by atoms with Gasteiger partial charge >= 0.3 is 0 Å². The first-order valence-corrected chi connectivity index (χ1v) is 8.94.